The zero-order valence-corrected chi connectivity index (χ0v) is 19.6. The molecule has 4 rings (SSSR count). The van der Waals surface area contributed by atoms with E-state index >= 15 is 0 Å². The van der Waals surface area contributed by atoms with E-state index in [1.807, 2.05) is 31.2 Å². The summed E-state index contributed by atoms with van der Waals surface area (Å²) in [7, 11) is 0. The Morgan fingerprint density at radius 3 is 2.48 bits per heavy atom. The Morgan fingerprint density at radius 2 is 1.79 bits per heavy atom. The van der Waals surface area contributed by atoms with Gasteiger partial charge in [0.1, 0.15) is 23.7 Å². The van der Waals surface area contributed by atoms with E-state index in [2.05, 4.69) is 27.9 Å². The second kappa shape index (κ2) is 9.53. The summed E-state index contributed by atoms with van der Waals surface area (Å²) in [6.07, 6.45) is 1.41. The SMILES string of the molecule is Cc1cccc(COc2ccc(/C=C3\C(=O)NC(=O)N(c4ccc(F)cc4)C3=O)cc2I)c1. The molecule has 1 fully saturated rings. The van der Waals surface area contributed by atoms with Crippen LogP contribution in [0.2, 0.25) is 0 Å². The van der Waals surface area contributed by atoms with Crippen LogP contribution in [0.15, 0.2) is 72.3 Å². The monoisotopic (exact) mass is 556 g/mol. The van der Waals surface area contributed by atoms with Crippen molar-refractivity contribution in [1.82, 2.24) is 5.32 Å². The predicted molar refractivity (Wildman–Crippen MR) is 130 cm³/mol. The average Bonchev–Trinajstić information content (AvgIpc) is 2.77. The van der Waals surface area contributed by atoms with Crippen LogP contribution in [-0.4, -0.2) is 17.8 Å². The third-order valence-corrected chi connectivity index (χ3v) is 5.77. The van der Waals surface area contributed by atoms with Gasteiger partial charge in [-0.2, -0.15) is 0 Å². The highest BCUT2D eigenvalue weighted by atomic mass is 127. The Kier molecular flexibility index (Phi) is 6.55. The number of carbonyl (C=O) groups is 3. The fraction of sp³-hybridized carbons (Fsp3) is 0.0800. The van der Waals surface area contributed by atoms with Gasteiger partial charge in [-0.25, -0.2) is 14.1 Å². The summed E-state index contributed by atoms with van der Waals surface area (Å²) in [4.78, 5) is 38.3. The number of anilines is 1. The van der Waals surface area contributed by atoms with Crippen LogP contribution < -0.4 is 15.0 Å². The average molecular weight is 556 g/mol. The van der Waals surface area contributed by atoms with Crippen molar-refractivity contribution in [1.29, 1.82) is 0 Å². The van der Waals surface area contributed by atoms with E-state index in [1.54, 1.807) is 18.2 Å². The number of carbonyl (C=O) groups excluding carboxylic acids is 3. The van der Waals surface area contributed by atoms with Gasteiger partial charge in [-0.3, -0.25) is 14.9 Å². The molecule has 0 aromatic heterocycles. The summed E-state index contributed by atoms with van der Waals surface area (Å²) in [5.41, 5.74) is 2.74. The van der Waals surface area contributed by atoms with E-state index < -0.39 is 23.7 Å². The van der Waals surface area contributed by atoms with Gasteiger partial charge < -0.3 is 4.74 Å². The molecule has 0 bridgehead atoms. The zero-order valence-electron chi connectivity index (χ0n) is 17.5. The number of urea groups is 1. The van der Waals surface area contributed by atoms with E-state index in [1.165, 1.54) is 18.2 Å². The highest BCUT2D eigenvalue weighted by molar-refractivity contribution is 14.1. The molecular weight excluding hydrogens is 538 g/mol. The third-order valence-electron chi connectivity index (χ3n) is 4.93. The minimum absolute atomic E-state index is 0.159. The summed E-state index contributed by atoms with van der Waals surface area (Å²) in [6.45, 7) is 2.43. The largest absolute Gasteiger partial charge is 0.488 e. The van der Waals surface area contributed by atoms with Crippen LogP contribution in [0, 0.1) is 16.3 Å². The van der Waals surface area contributed by atoms with Gasteiger partial charge in [0.2, 0.25) is 0 Å². The molecule has 4 amide bonds. The van der Waals surface area contributed by atoms with Crippen molar-refractivity contribution < 1.29 is 23.5 Å². The van der Waals surface area contributed by atoms with Crippen molar-refractivity contribution in [2.45, 2.75) is 13.5 Å². The molecule has 0 aliphatic carbocycles. The Morgan fingerprint density at radius 1 is 1.03 bits per heavy atom. The van der Waals surface area contributed by atoms with Gasteiger partial charge in [0.25, 0.3) is 11.8 Å². The number of benzene rings is 3. The van der Waals surface area contributed by atoms with Crippen LogP contribution in [0.3, 0.4) is 0 Å². The van der Waals surface area contributed by atoms with Crippen molar-refractivity contribution in [3.8, 4) is 5.75 Å². The van der Waals surface area contributed by atoms with E-state index in [9.17, 15) is 18.8 Å². The van der Waals surface area contributed by atoms with Crippen LogP contribution in [-0.2, 0) is 16.2 Å². The second-order valence-corrected chi connectivity index (χ2v) is 8.56. The van der Waals surface area contributed by atoms with E-state index in [4.69, 9.17) is 4.74 Å². The first-order valence-corrected chi connectivity index (χ1v) is 11.0. The van der Waals surface area contributed by atoms with Gasteiger partial charge >= 0.3 is 6.03 Å². The molecule has 0 atom stereocenters. The third kappa shape index (κ3) is 5.11. The van der Waals surface area contributed by atoms with E-state index in [0.29, 0.717) is 17.9 Å². The van der Waals surface area contributed by atoms with Crippen molar-refractivity contribution in [2.75, 3.05) is 4.90 Å². The molecule has 1 N–H and O–H groups in total. The van der Waals surface area contributed by atoms with Crippen molar-refractivity contribution in [2.24, 2.45) is 0 Å². The first kappa shape index (κ1) is 22.7. The standard InChI is InChI=1S/C25H18FIN2O4/c1-15-3-2-4-17(11-15)14-33-22-10-5-16(13-21(22)27)12-20-23(30)28-25(32)29(24(20)31)19-8-6-18(26)7-9-19/h2-13H,14H2,1H3,(H,28,30,32)/b20-12+. The predicted octanol–water partition coefficient (Wildman–Crippen LogP) is 4.98. The summed E-state index contributed by atoms with van der Waals surface area (Å²) < 4.78 is 19.9. The Balaban J connectivity index is 1.56. The lowest BCUT2D eigenvalue weighted by Gasteiger charge is -2.26. The van der Waals surface area contributed by atoms with Crippen molar-refractivity contribution >= 4 is 52.2 Å². The summed E-state index contributed by atoms with van der Waals surface area (Å²) in [5.74, 6) is -1.42. The van der Waals surface area contributed by atoms with Gasteiger partial charge in [0.05, 0.1) is 9.26 Å². The van der Waals surface area contributed by atoms with Crippen LogP contribution in [0.1, 0.15) is 16.7 Å². The first-order valence-electron chi connectivity index (χ1n) is 9.97. The first-order chi connectivity index (χ1) is 15.8. The number of imide groups is 2. The summed E-state index contributed by atoms with van der Waals surface area (Å²) in [6, 6.07) is 17.3. The molecule has 1 heterocycles. The van der Waals surface area contributed by atoms with Gasteiger partial charge in [0, 0.05) is 0 Å². The molecular formula is C25H18FIN2O4. The van der Waals surface area contributed by atoms with Crippen molar-refractivity contribution in [3.63, 3.8) is 0 Å². The topological polar surface area (TPSA) is 75.7 Å². The highest BCUT2D eigenvalue weighted by Crippen LogP contribution is 2.26. The number of hydrogen-bond acceptors (Lipinski definition) is 4. The number of rotatable bonds is 5. The fourth-order valence-corrected chi connectivity index (χ4v) is 4.03. The second-order valence-electron chi connectivity index (χ2n) is 7.40. The molecule has 166 valence electrons. The van der Waals surface area contributed by atoms with Gasteiger partial charge in [-0.15, -0.1) is 0 Å². The molecule has 1 saturated heterocycles. The molecule has 3 aromatic carbocycles. The smallest absolute Gasteiger partial charge is 0.335 e. The number of nitrogens with zero attached hydrogens (tertiary/aromatic N) is 1. The molecule has 0 spiro atoms. The molecule has 0 unspecified atom stereocenters. The fourth-order valence-electron chi connectivity index (χ4n) is 3.34. The Labute approximate surface area is 203 Å². The van der Waals surface area contributed by atoms with Crippen LogP contribution >= 0.6 is 22.6 Å². The maximum atomic E-state index is 13.2. The van der Waals surface area contributed by atoms with Gasteiger partial charge in [-0.1, -0.05) is 35.9 Å². The van der Waals surface area contributed by atoms with Crippen molar-refractivity contribution in [3.05, 3.63) is 98.4 Å². The summed E-state index contributed by atoms with van der Waals surface area (Å²) >= 11 is 2.12. The molecule has 8 heteroatoms. The molecule has 6 nitrogen and oxygen atoms in total. The summed E-state index contributed by atoms with van der Waals surface area (Å²) in [5, 5.41) is 2.15. The number of nitrogens with one attached hydrogen (secondary N) is 1. The number of barbiturate groups is 1. The number of halogens is 2. The lowest BCUT2D eigenvalue weighted by molar-refractivity contribution is -0.122. The maximum absolute atomic E-state index is 13.2. The molecule has 3 aromatic rings. The number of aryl methyl sites for hydroxylation is 1. The highest BCUT2D eigenvalue weighted by Gasteiger charge is 2.36. The van der Waals surface area contributed by atoms with Crippen LogP contribution in [0.5, 0.6) is 5.75 Å². The maximum Gasteiger partial charge on any atom is 0.335 e. The molecule has 1 aliphatic rings. The van der Waals surface area contributed by atoms with E-state index in [-0.39, 0.29) is 11.3 Å². The quantitative estimate of drug-likeness (QED) is 0.273. The minimum Gasteiger partial charge on any atom is -0.488 e. The minimum atomic E-state index is -0.886. The molecule has 0 radical (unpaired) electrons. The number of hydrogen-bond donors (Lipinski definition) is 1. The van der Waals surface area contributed by atoms with Crippen LogP contribution in [0.25, 0.3) is 6.08 Å². The van der Waals surface area contributed by atoms with Crippen LogP contribution in [0.4, 0.5) is 14.9 Å². The number of ether oxygens (including phenoxy) is 1. The molecule has 0 saturated carbocycles. The lowest BCUT2D eigenvalue weighted by Crippen LogP contribution is -2.54. The van der Waals surface area contributed by atoms with E-state index in [0.717, 1.165) is 31.7 Å². The molecule has 1 aliphatic heterocycles. The normalized spacial score (nSPS) is 15.1. The van der Waals surface area contributed by atoms with Gasteiger partial charge in [-0.05, 0) is 83.1 Å². The Bertz CT molecular complexity index is 1290. The zero-order chi connectivity index (χ0) is 23.5. The number of amides is 4. The van der Waals surface area contributed by atoms with Gasteiger partial charge in [0.15, 0.2) is 0 Å². The lowest BCUT2D eigenvalue weighted by atomic mass is 10.1. The molecule has 33 heavy (non-hydrogen) atoms. The Hall–Kier alpha value is -3.53.